The van der Waals surface area contributed by atoms with Crippen LogP contribution in [0.5, 0.6) is 5.75 Å². The second-order valence-corrected chi connectivity index (χ2v) is 8.40. The average molecular weight is 431 g/mol. The van der Waals surface area contributed by atoms with Gasteiger partial charge in [-0.15, -0.1) is 0 Å². The first-order valence-corrected chi connectivity index (χ1v) is 11.0. The van der Waals surface area contributed by atoms with Crippen LogP contribution in [0.15, 0.2) is 60.7 Å². The van der Waals surface area contributed by atoms with Crippen molar-refractivity contribution >= 4 is 22.9 Å². The lowest BCUT2D eigenvalue weighted by molar-refractivity contribution is 0.0631. The van der Waals surface area contributed by atoms with Crippen molar-refractivity contribution in [3.63, 3.8) is 0 Å². The lowest BCUT2D eigenvalue weighted by Crippen LogP contribution is -2.50. The molecule has 2 aromatic carbocycles. The normalized spacial score (nSPS) is 19.4. The molecule has 0 aliphatic carbocycles. The number of carbonyl (C=O) groups excluding carboxylic acids is 2. The molecule has 2 fully saturated rings. The van der Waals surface area contributed by atoms with Gasteiger partial charge in [0.15, 0.2) is 0 Å². The Bertz CT molecular complexity index is 1140. The molecule has 3 aromatic rings. The van der Waals surface area contributed by atoms with Crippen molar-refractivity contribution in [1.29, 1.82) is 0 Å². The number of benzene rings is 2. The Hall–Kier alpha value is -3.61. The summed E-state index contributed by atoms with van der Waals surface area (Å²) in [4.78, 5) is 33.5. The third-order valence-corrected chi connectivity index (χ3v) is 6.38. The van der Waals surface area contributed by atoms with Crippen molar-refractivity contribution in [2.45, 2.75) is 31.3 Å². The van der Waals surface area contributed by atoms with Gasteiger partial charge in [-0.25, -0.2) is 9.78 Å². The number of para-hydroxylation sites is 1. The van der Waals surface area contributed by atoms with E-state index in [9.17, 15) is 14.7 Å². The second-order valence-electron chi connectivity index (χ2n) is 8.40. The van der Waals surface area contributed by atoms with Gasteiger partial charge in [0.25, 0.3) is 5.91 Å². The number of phenolic OH excluding ortho intramolecular Hbond substituents is 1. The number of piperidine rings is 1. The maximum Gasteiger partial charge on any atom is 0.410 e. The lowest BCUT2D eigenvalue weighted by atomic mass is 9.99. The number of fused-ring (bicyclic) bond motifs is 1. The van der Waals surface area contributed by atoms with E-state index in [0.717, 1.165) is 11.8 Å². The molecule has 1 atom stereocenters. The molecule has 5 rings (SSSR count). The predicted molar refractivity (Wildman–Crippen MR) is 119 cm³/mol. The zero-order valence-corrected chi connectivity index (χ0v) is 17.7. The Balaban J connectivity index is 1.25. The van der Waals surface area contributed by atoms with Crippen molar-refractivity contribution in [3.8, 4) is 5.75 Å². The van der Waals surface area contributed by atoms with Crippen molar-refractivity contribution < 1.29 is 19.4 Å². The number of carbonyl (C=O) groups is 2. The molecule has 0 saturated carbocycles. The quantitative estimate of drug-likeness (QED) is 0.682. The van der Waals surface area contributed by atoms with E-state index in [1.54, 1.807) is 29.2 Å². The van der Waals surface area contributed by atoms with Crippen molar-refractivity contribution in [2.24, 2.45) is 0 Å². The predicted octanol–water partition coefficient (Wildman–Crippen LogP) is 3.61. The van der Waals surface area contributed by atoms with Crippen molar-refractivity contribution in [3.05, 3.63) is 71.9 Å². The Morgan fingerprint density at radius 1 is 1.03 bits per heavy atom. The van der Waals surface area contributed by atoms with Gasteiger partial charge < -0.3 is 14.7 Å². The fourth-order valence-corrected chi connectivity index (χ4v) is 4.72. The van der Waals surface area contributed by atoms with Gasteiger partial charge in [0.2, 0.25) is 0 Å². The number of aromatic nitrogens is 1. The van der Waals surface area contributed by atoms with Crippen LogP contribution < -0.4 is 0 Å². The first-order valence-electron chi connectivity index (χ1n) is 11.0. The van der Waals surface area contributed by atoms with E-state index in [1.807, 2.05) is 29.2 Å². The number of aromatic hydroxyl groups is 1. The number of nitrogens with zero attached hydrogens (tertiary/aromatic N) is 3. The number of ether oxygens (including phenoxy) is 1. The van der Waals surface area contributed by atoms with Crippen LogP contribution in [0.2, 0.25) is 0 Å². The highest BCUT2D eigenvalue weighted by atomic mass is 16.6. The zero-order chi connectivity index (χ0) is 22.1. The van der Waals surface area contributed by atoms with E-state index in [1.165, 1.54) is 5.56 Å². The highest BCUT2D eigenvalue weighted by Gasteiger charge is 2.40. The van der Waals surface area contributed by atoms with Gasteiger partial charge in [0.05, 0.1) is 6.04 Å². The van der Waals surface area contributed by atoms with E-state index in [-0.39, 0.29) is 29.8 Å². The number of phenols is 1. The smallest absolute Gasteiger partial charge is 0.410 e. The van der Waals surface area contributed by atoms with Crippen LogP contribution in [-0.4, -0.2) is 63.7 Å². The average Bonchev–Trinajstić information content (AvgIpc) is 3.19. The number of cyclic esters (lactones) is 1. The third kappa shape index (κ3) is 3.86. The summed E-state index contributed by atoms with van der Waals surface area (Å²) in [6.45, 7) is 1.50. The van der Waals surface area contributed by atoms with E-state index >= 15 is 0 Å². The molecule has 0 radical (unpaired) electrons. The summed E-state index contributed by atoms with van der Waals surface area (Å²) < 4.78 is 5.37. The SMILES string of the molecule is O=C(c1ccc2cccc(O)c2n1)N1CCC(N2C(=O)OC[C@H]2Cc2ccccc2)CC1. The third-order valence-electron chi connectivity index (χ3n) is 6.38. The Morgan fingerprint density at radius 2 is 1.81 bits per heavy atom. The molecule has 2 aliphatic heterocycles. The van der Waals surface area contributed by atoms with Crippen LogP contribution in [-0.2, 0) is 11.2 Å². The Morgan fingerprint density at radius 3 is 2.59 bits per heavy atom. The molecule has 164 valence electrons. The first kappa shape index (κ1) is 20.3. The van der Waals surface area contributed by atoms with Gasteiger partial charge >= 0.3 is 6.09 Å². The van der Waals surface area contributed by atoms with Crippen molar-refractivity contribution in [1.82, 2.24) is 14.8 Å². The topological polar surface area (TPSA) is 83.0 Å². The summed E-state index contributed by atoms with van der Waals surface area (Å²) in [6, 6.07) is 18.9. The molecule has 1 N–H and O–H groups in total. The maximum absolute atomic E-state index is 13.0. The molecule has 0 bridgehead atoms. The van der Waals surface area contributed by atoms with E-state index in [4.69, 9.17) is 4.74 Å². The number of likely N-dealkylation sites (tertiary alicyclic amines) is 1. The summed E-state index contributed by atoms with van der Waals surface area (Å²) in [5, 5.41) is 10.9. The summed E-state index contributed by atoms with van der Waals surface area (Å²) in [5.41, 5.74) is 1.93. The standard InChI is InChI=1S/C25H25N3O4/c29-22-8-4-7-18-9-10-21(26-23(18)22)24(30)27-13-11-19(12-14-27)28-20(16-32-25(28)31)15-17-5-2-1-3-6-17/h1-10,19-20,29H,11-16H2/t20-/m1/s1. The minimum atomic E-state index is -0.262. The minimum Gasteiger partial charge on any atom is -0.506 e. The van der Waals surface area contributed by atoms with Crippen LogP contribution >= 0.6 is 0 Å². The van der Waals surface area contributed by atoms with Crippen LogP contribution in [0.25, 0.3) is 10.9 Å². The van der Waals surface area contributed by atoms with E-state index in [2.05, 4.69) is 17.1 Å². The molecular formula is C25H25N3O4. The monoisotopic (exact) mass is 431 g/mol. The van der Waals surface area contributed by atoms with Gasteiger partial charge in [-0.05, 0) is 37.0 Å². The molecule has 0 unspecified atom stereocenters. The van der Waals surface area contributed by atoms with Gasteiger partial charge in [-0.3, -0.25) is 9.69 Å². The van der Waals surface area contributed by atoms with Crippen LogP contribution in [0.1, 0.15) is 28.9 Å². The number of pyridine rings is 1. The van der Waals surface area contributed by atoms with Gasteiger partial charge in [-0.2, -0.15) is 0 Å². The van der Waals surface area contributed by atoms with E-state index < -0.39 is 0 Å². The highest BCUT2D eigenvalue weighted by Crippen LogP contribution is 2.27. The molecule has 2 aliphatic rings. The van der Waals surface area contributed by atoms with Crippen molar-refractivity contribution in [2.75, 3.05) is 19.7 Å². The molecule has 1 aromatic heterocycles. The minimum absolute atomic E-state index is 0.0160. The summed E-state index contributed by atoms with van der Waals surface area (Å²) in [7, 11) is 0. The molecule has 7 nitrogen and oxygen atoms in total. The van der Waals surface area contributed by atoms with Crippen LogP contribution in [0.4, 0.5) is 4.79 Å². The maximum atomic E-state index is 13.0. The number of hydrogen-bond donors (Lipinski definition) is 1. The lowest BCUT2D eigenvalue weighted by Gasteiger charge is -2.37. The molecule has 0 spiro atoms. The Labute approximate surface area is 186 Å². The molecule has 32 heavy (non-hydrogen) atoms. The highest BCUT2D eigenvalue weighted by molar-refractivity contribution is 5.96. The fraction of sp³-hybridized carbons (Fsp3) is 0.320. The number of rotatable bonds is 4. The number of amides is 2. The van der Waals surface area contributed by atoms with Gasteiger partial charge in [0, 0.05) is 24.5 Å². The number of hydrogen-bond acceptors (Lipinski definition) is 5. The Kier molecular flexibility index (Phi) is 5.39. The molecule has 2 amide bonds. The van der Waals surface area contributed by atoms with Gasteiger partial charge in [-0.1, -0.05) is 48.5 Å². The van der Waals surface area contributed by atoms with Crippen LogP contribution in [0.3, 0.4) is 0 Å². The zero-order valence-electron chi connectivity index (χ0n) is 17.7. The second kappa shape index (κ2) is 8.49. The fourth-order valence-electron chi connectivity index (χ4n) is 4.72. The first-order chi connectivity index (χ1) is 15.6. The summed E-state index contributed by atoms with van der Waals surface area (Å²) in [6.07, 6.45) is 1.90. The summed E-state index contributed by atoms with van der Waals surface area (Å²) >= 11 is 0. The molecular weight excluding hydrogens is 406 g/mol. The largest absolute Gasteiger partial charge is 0.506 e. The molecule has 3 heterocycles. The van der Waals surface area contributed by atoms with E-state index in [0.29, 0.717) is 43.7 Å². The molecule has 2 saturated heterocycles. The van der Waals surface area contributed by atoms with Crippen LogP contribution in [0, 0.1) is 0 Å². The molecule has 7 heteroatoms. The summed E-state index contributed by atoms with van der Waals surface area (Å²) in [5.74, 6) is -0.0914. The van der Waals surface area contributed by atoms with Gasteiger partial charge in [0.1, 0.15) is 23.6 Å².